The van der Waals surface area contributed by atoms with Gasteiger partial charge in [0.05, 0.1) is 4.90 Å². The molecule has 7 heteroatoms. The van der Waals surface area contributed by atoms with Gasteiger partial charge in [-0.25, -0.2) is 8.42 Å². The van der Waals surface area contributed by atoms with Crippen LogP contribution in [0.5, 0.6) is 0 Å². The Kier molecular flexibility index (Phi) is 6.11. The lowest BCUT2D eigenvalue weighted by Crippen LogP contribution is -2.42. The molecule has 1 amide bonds. The molecule has 0 radical (unpaired) electrons. The van der Waals surface area contributed by atoms with Gasteiger partial charge in [-0.1, -0.05) is 6.92 Å². The third kappa shape index (κ3) is 4.08. The Labute approximate surface area is 173 Å². The van der Waals surface area contributed by atoms with Crippen molar-refractivity contribution in [1.82, 2.24) is 9.21 Å². The summed E-state index contributed by atoms with van der Waals surface area (Å²) in [5.41, 5.74) is 1.21. The average Bonchev–Trinajstić information content (AvgIpc) is 2.97. The monoisotopic (exact) mass is 420 g/mol. The van der Waals surface area contributed by atoms with E-state index in [1.54, 1.807) is 27.4 Å². The fraction of sp³-hybridized carbons (Fsp3) is 0.591. The molecule has 0 atom stereocenters. The number of hydrogen-bond acceptors (Lipinski definition) is 4. The normalized spacial score (nSPS) is 16.8. The fourth-order valence-corrected chi connectivity index (χ4v) is 5.62. The number of rotatable bonds is 5. The molecule has 2 heterocycles. The Hall–Kier alpha value is -1.86. The topological polar surface area (TPSA) is 70.8 Å². The molecule has 0 aliphatic carbocycles. The summed E-state index contributed by atoms with van der Waals surface area (Å²) in [5, 5.41) is 0.673. The highest BCUT2D eigenvalue weighted by atomic mass is 32.2. The van der Waals surface area contributed by atoms with Crippen LogP contribution >= 0.6 is 0 Å². The number of piperidine rings is 1. The molecule has 2 aromatic rings. The van der Waals surface area contributed by atoms with Crippen LogP contribution in [0, 0.1) is 12.8 Å². The zero-order valence-corrected chi connectivity index (χ0v) is 19.0. The van der Waals surface area contributed by atoms with Crippen LogP contribution < -0.4 is 0 Å². The summed E-state index contributed by atoms with van der Waals surface area (Å²) in [7, 11) is -3.55. The number of sulfonamides is 1. The zero-order chi connectivity index (χ0) is 21.5. The van der Waals surface area contributed by atoms with Crippen LogP contribution in [0.4, 0.5) is 0 Å². The molecule has 1 aliphatic heterocycles. The van der Waals surface area contributed by atoms with E-state index in [1.807, 2.05) is 34.6 Å². The first-order valence-electron chi connectivity index (χ1n) is 10.4. The van der Waals surface area contributed by atoms with Crippen molar-refractivity contribution >= 4 is 26.9 Å². The minimum Gasteiger partial charge on any atom is -0.451 e. The second kappa shape index (κ2) is 8.11. The Morgan fingerprint density at radius 1 is 1.14 bits per heavy atom. The molecule has 0 bridgehead atoms. The maximum atomic E-state index is 13.1. The molecule has 0 spiro atoms. The second-order valence-corrected chi connectivity index (χ2v) is 10.6. The molecule has 1 saturated heterocycles. The first kappa shape index (κ1) is 21.8. The molecule has 1 aromatic carbocycles. The highest BCUT2D eigenvalue weighted by Gasteiger charge is 2.30. The van der Waals surface area contributed by atoms with Gasteiger partial charge < -0.3 is 9.32 Å². The van der Waals surface area contributed by atoms with Gasteiger partial charge in [-0.2, -0.15) is 4.31 Å². The summed E-state index contributed by atoms with van der Waals surface area (Å²) in [4.78, 5) is 15.1. The molecule has 6 nitrogen and oxygen atoms in total. The van der Waals surface area contributed by atoms with Crippen molar-refractivity contribution in [3.63, 3.8) is 0 Å². The first-order valence-corrected chi connectivity index (χ1v) is 11.8. The fourth-order valence-electron chi connectivity index (χ4n) is 4.12. The van der Waals surface area contributed by atoms with Gasteiger partial charge in [-0.15, -0.1) is 0 Å². The standard InChI is InChI=1S/C22H32N2O4S/c1-14(2)24(15(3)4)22(25)21-17(6)19-13-18(7-8-20(19)28-21)29(26,27)23-11-9-16(5)10-12-23/h7-8,13-16H,9-12H2,1-6H3. The quantitative estimate of drug-likeness (QED) is 0.718. The number of fused-ring (bicyclic) bond motifs is 1. The molecule has 0 unspecified atom stereocenters. The van der Waals surface area contributed by atoms with Crippen molar-refractivity contribution in [3.05, 3.63) is 29.5 Å². The molecule has 1 fully saturated rings. The predicted octanol–water partition coefficient (Wildman–Crippen LogP) is 4.42. The summed E-state index contributed by atoms with van der Waals surface area (Å²) < 4.78 is 33.6. The lowest BCUT2D eigenvalue weighted by atomic mass is 10.0. The van der Waals surface area contributed by atoms with E-state index in [2.05, 4.69) is 6.92 Å². The van der Waals surface area contributed by atoms with E-state index in [0.29, 0.717) is 35.5 Å². The van der Waals surface area contributed by atoms with Crippen molar-refractivity contribution in [1.29, 1.82) is 0 Å². The number of furan rings is 1. The van der Waals surface area contributed by atoms with Crippen molar-refractivity contribution in [2.45, 2.75) is 71.4 Å². The zero-order valence-electron chi connectivity index (χ0n) is 18.2. The number of carbonyl (C=O) groups excluding carboxylic acids is 1. The number of benzene rings is 1. The van der Waals surface area contributed by atoms with E-state index < -0.39 is 10.0 Å². The van der Waals surface area contributed by atoms with Gasteiger partial charge in [0.2, 0.25) is 10.0 Å². The van der Waals surface area contributed by atoms with Crippen LogP contribution in [0.2, 0.25) is 0 Å². The van der Waals surface area contributed by atoms with Crippen molar-refractivity contribution in [3.8, 4) is 0 Å². The molecule has 1 aliphatic rings. The smallest absolute Gasteiger partial charge is 0.290 e. The summed E-state index contributed by atoms with van der Waals surface area (Å²) in [6, 6.07) is 4.96. The molecule has 3 rings (SSSR count). The summed E-state index contributed by atoms with van der Waals surface area (Å²) in [5.74, 6) is 0.667. The van der Waals surface area contributed by atoms with Crippen LogP contribution in [0.25, 0.3) is 11.0 Å². The maximum Gasteiger partial charge on any atom is 0.290 e. The minimum atomic E-state index is -3.55. The molecule has 29 heavy (non-hydrogen) atoms. The number of aryl methyl sites for hydroxylation is 1. The molecular weight excluding hydrogens is 388 g/mol. The molecular formula is C22H32N2O4S. The van der Waals surface area contributed by atoms with Gasteiger partial charge in [0, 0.05) is 36.1 Å². The summed E-state index contributed by atoms with van der Waals surface area (Å²) >= 11 is 0. The molecule has 0 N–H and O–H groups in total. The van der Waals surface area contributed by atoms with Crippen LogP contribution in [-0.2, 0) is 10.0 Å². The molecule has 160 valence electrons. The van der Waals surface area contributed by atoms with E-state index in [4.69, 9.17) is 4.42 Å². The van der Waals surface area contributed by atoms with Gasteiger partial charge >= 0.3 is 0 Å². The lowest BCUT2D eigenvalue weighted by Gasteiger charge is -2.30. The SMILES string of the molecule is Cc1c(C(=O)N(C(C)C)C(C)C)oc2ccc(S(=O)(=O)N3CCC(C)CC3)cc12. The van der Waals surface area contributed by atoms with Gasteiger partial charge in [-0.3, -0.25) is 4.79 Å². The highest BCUT2D eigenvalue weighted by Crippen LogP contribution is 2.31. The van der Waals surface area contributed by atoms with Gasteiger partial charge in [0.1, 0.15) is 5.58 Å². The average molecular weight is 421 g/mol. The number of nitrogens with zero attached hydrogens (tertiary/aromatic N) is 2. The summed E-state index contributed by atoms with van der Waals surface area (Å²) in [6.07, 6.45) is 1.76. The maximum absolute atomic E-state index is 13.1. The first-order chi connectivity index (χ1) is 13.5. The Morgan fingerprint density at radius 2 is 1.72 bits per heavy atom. The van der Waals surface area contributed by atoms with Crippen LogP contribution in [0.3, 0.4) is 0 Å². The van der Waals surface area contributed by atoms with E-state index in [0.717, 1.165) is 12.8 Å². The van der Waals surface area contributed by atoms with Gasteiger partial charge in [0.25, 0.3) is 5.91 Å². The van der Waals surface area contributed by atoms with Gasteiger partial charge in [0.15, 0.2) is 5.76 Å². The van der Waals surface area contributed by atoms with Crippen LogP contribution in [0.1, 0.15) is 63.6 Å². The van der Waals surface area contributed by atoms with E-state index in [9.17, 15) is 13.2 Å². The van der Waals surface area contributed by atoms with Crippen LogP contribution in [-0.4, -0.2) is 48.7 Å². The third-order valence-electron chi connectivity index (χ3n) is 5.83. The number of carbonyl (C=O) groups is 1. The minimum absolute atomic E-state index is 0.0348. The van der Waals surface area contributed by atoms with E-state index in [-0.39, 0.29) is 28.6 Å². The highest BCUT2D eigenvalue weighted by molar-refractivity contribution is 7.89. The molecule has 0 saturated carbocycles. The Balaban J connectivity index is 1.99. The van der Waals surface area contributed by atoms with Crippen molar-refractivity contribution in [2.75, 3.05) is 13.1 Å². The Bertz CT molecular complexity index is 991. The lowest BCUT2D eigenvalue weighted by molar-refractivity contribution is 0.0612. The second-order valence-electron chi connectivity index (χ2n) is 8.70. The van der Waals surface area contributed by atoms with Gasteiger partial charge in [-0.05, 0) is 71.6 Å². The van der Waals surface area contributed by atoms with E-state index >= 15 is 0 Å². The van der Waals surface area contributed by atoms with E-state index in [1.165, 1.54) is 0 Å². The number of hydrogen-bond donors (Lipinski definition) is 0. The molecule has 1 aromatic heterocycles. The predicted molar refractivity (Wildman–Crippen MR) is 115 cm³/mol. The summed E-state index contributed by atoms with van der Waals surface area (Å²) in [6.45, 7) is 13.0. The van der Waals surface area contributed by atoms with Crippen molar-refractivity contribution < 1.29 is 17.6 Å². The van der Waals surface area contributed by atoms with Crippen molar-refractivity contribution in [2.24, 2.45) is 5.92 Å². The Morgan fingerprint density at radius 3 is 2.28 bits per heavy atom. The largest absolute Gasteiger partial charge is 0.451 e. The third-order valence-corrected chi connectivity index (χ3v) is 7.72. The van der Waals surface area contributed by atoms with Crippen LogP contribution in [0.15, 0.2) is 27.5 Å². The number of amides is 1.